The van der Waals surface area contributed by atoms with E-state index in [1.54, 1.807) is 24.5 Å². The van der Waals surface area contributed by atoms with Gasteiger partial charge in [0, 0.05) is 44.1 Å². The predicted molar refractivity (Wildman–Crippen MR) is 96.2 cm³/mol. The van der Waals surface area contributed by atoms with Gasteiger partial charge in [-0.05, 0) is 31.0 Å². The third-order valence-electron chi connectivity index (χ3n) is 4.69. The molecule has 2 heterocycles. The Morgan fingerprint density at radius 1 is 0.920 bits per heavy atom. The van der Waals surface area contributed by atoms with Crippen LogP contribution < -0.4 is 0 Å². The number of aromatic nitrogens is 1. The van der Waals surface area contributed by atoms with E-state index < -0.39 is 0 Å². The molecule has 3 rings (SSSR count). The third kappa shape index (κ3) is 4.05. The van der Waals surface area contributed by atoms with Gasteiger partial charge < -0.3 is 9.80 Å². The molecular formula is C20H23N3O2. The van der Waals surface area contributed by atoms with Crippen LogP contribution in [0, 0.1) is 0 Å². The number of benzene rings is 1. The summed E-state index contributed by atoms with van der Waals surface area (Å²) in [5.41, 5.74) is 1.67. The second-order valence-electron chi connectivity index (χ2n) is 6.34. The first-order chi connectivity index (χ1) is 12.2. The number of carbonyl (C=O) groups is 2. The standard InChI is InChI=1S/C20H23N3O2/c1-16(17-6-3-2-4-7-17)19(24)22-12-5-13-23(15-14-22)20(25)18-8-10-21-11-9-18/h2-4,6-11,16H,5,12-15H2,1H3/t16-/m0/s1. The van der Waals surface area contributed by atoms with E-state index in [4.69, 9.17) is 0 Å². The average Bonchev–Trinajstić information content (AvgIpc) is 2.94. The fourth-order valence-corrected chi connectivity index (χ4v) is 3.18. The summed E-state index contributed by atoms with van der Waals surface area (Å²) in [6.45, 7) is 4.45. The number of hydrogen-bond donors (Lipinski definition) is 0. The second-order valence-corrected chi connectivity index (χ2v) is 6.34. The molecule has 25 heavy (non-hydrogen) atoms. The first-order valence-corrected chi connectivity index (χ1v) is 8.70. The van der Waals surface area contributed by atoms with Gasteiger partial charge in [0.25, 0.3) is 5.91 Å². The van der Waals surface area contributed by atoms with Gasteiger partial charge in [-0.1, -0.05) is 30.3 Å². The van der Waals surface area contributed by atoms with Crippen LogP contribution >= 0.6 is 0 Å². The van der Waals surface area contributed by atoms with Gasteiger partial charge in [-0.15, -0.1) is 0 Å². The Labute approximate surface area is 148 Å². The molecule has 5 nitrogen and oxygen atoms in total. The Kier molecular flexibility index (Phi) is 5.43. The lowest BCUT2D eigenvalue weighted by Crippen LogP contribution is -2.39. The maximum atomic E-state index is 12.8. The maximum absolute atomic E-state index is 12.8. The van der Waals surface area contributed by atoms with Crippen molar-refractivity contribution in [2.24, 2.45) is 0 Å². The van der Waals surface area contributed by atoms with Gasteiger partial charge in [-0.25, -0.2) is 0 Å². The minimum atomic E-state index is -0.163. The SMILES string of the molecule is C[C@H](C(=O)N1CCCN(C(=O)c2ccncc2)CC1)c1ccccc1. The molecule has 2 amide bonds. The van der Waals surface area contributed by atoms with Gasteiger partial charge in [0.1, 0.15) is 0 Å². The van der Waals surface area contributed by atoms with Crippen LogP contribution in [-0.4, -0.2) is 52.8 Å². The van der Waals surface area contributed by atoms with E-state index in [-0.39, 0.29) is 17.7 Å². The topological polar surface area (TPSA) is 53.5 Å². The molecule has 0 unspecified atom stereocenters. The van der Waals surface area contributed by atoms with Crippen LogP contribution in [-0.2, 0) is 4.79 Å². The Morgan fingerprint density at radius 3 is 2.28 bits per heavy atom. The highest BCUT2D eigenvalue weighted by Crippen LogP contribution is 2.19. The van der Waals surface area contributed by atoms with Crippen LogP contribution in [0.1, 0.15) is 35.2 Å². The summed E-state index contributed by atoms with van der Waals surface area (Å²) in [5.74, 6) is -0.0270. The van der Waals surface area contributed by atoms with Crippen molar-refractivity contribution in [2.75, 3.05) is 26.2 Å². The number of carbonyl (C=O) groups excluding carboxylic acids is 2. The van der Waals surface area contributed by atoms with Crippen molar-refractivity contribution in [1.82, 2.24) is 14.8 Å². The maximum Gasteiger partial charge on any atom is 0.254 e. The van der Waals surface area contributed by atoms with Gasteiger partial charge in [-0.3, -0.25) is 14.6 Å². The van der Waals surface area contributed by atoms with E-state index in [2.05, 4.69) is 4.98 Å². The van der Waals surface area contributed by atoms with Crippen LogP contribution in [0.15, 0.2) is 54.9 Å². The van der Waals surface area contributed by atoms with Crippen LogP contribution in [0.2, 0.25) is 0 Å². The molecule has 2 aromatic rings. The first-order valence-electron chi connectivity index (χ1n) is 8.70. The lowest BCUT2D eigenvalue weighted by Gasteiger charge is -2.25. The van der Waals surface area contributed by atoms with E-state index in [1.165, 1.54) is 0 Å². The van der Waals surface area contributed by atoms with Crippen LogP contribution in [0.4, 0.5) is 0 Å². The molecule has 1 saturated heterocycles. The van der Waals surface area contributed by atoms with Gasteiger partial charge in [0.2, 0.25) is 5.91 Å². The van der Waals surface area contributed by atoms with Crippen molar-refractivity contribution >= 4 is 11.8 Å². The minimum absolute atomic E-state index is 0.00723. The number of rotatable bonds is 3. The summed E-state index contributed by atoms with van der Waals surface area (Å²) in [5, 5.41) is 0. The van der Waals surface area contributed by atoms with Crippen LogP contribution in [0.5, 0.6) is 0 Å². The summed E-state index contributed by atoms with van der Waals surface area (Å²) in [7, 11) is 0. The molecule has 0 N–H and O–H groups in total. The molecule has 5 heteroatoms. The monoisotopic (exact) mass is 337 g/mol. The smallest absolute Gasteiger partial charge is 0.254 e. The zero-order valence-electron chi connectivity index (χ0n) is 14.5. The summed E-state index contributed by atoms with van der Waals surface area (Å²) in [6.07, 6.45) is 4.05. The Morgan fingerprint density at radius 2 is 1.56 bits per heavy atom. The van der Waals surface area contributed by atoms with E-state index >= 15 is 0 Å². The van der Waals surface area contributed by atoms with Gasteiger partial charge in [0.15, 0.2) is 0 Å². The number of amides is 2. The van der Waals surface area contributed by atoms with E-state index in [9.17, 15) is 9.59 Å². The molecule has 1 aromatic heterocycles. The van der Waals surface area contributed by atoms with Crippen molar-refractivity contribution in [3.8, 4) is 0 Å². The fourth-order valence-electron chi connectivity index (χ4n) is 3.18. The molecule has 1 aromatic carbocycles. The predicted octanol–water partition coefficient (Wildman–Crippen LogP) is 2.56. The minimum Gasteiger partial charge on any atom is -0.340 e. The molecule has 0 radical (unpaired) electrons. The van der Waals surface area contributed by atoms with Gasteiger partial charge in [0.05, 0.1) is 5.92 Å². The van der Waals surface area contributed by atoms with E-state index in [0.717, 1.165) is 12.0 Å². The normalized spacial score (nSPS) is 16.2. The molecule has 1 fully saturated rings. The molecule has 0 saturated carbocycles. The number of hydrogen-bond acceptors (Lipinski definition) is 3. The Hall–Kier alpha value is -2.69. The highest BCUT2D eigenvalue weighted by molar-refractivity contribution is 5.94. The van der Waals surface area contributed by atoms with Crippen LogP contribution in [0.25, 0.3) is 0 Å². The molecule has 0 aliphatic carbocycles. The van der Waals surface area contributed by atoms with Gasteiger partial charge in [-0.2, -0.15) is 0 Å². The molecule has 1 aliphatic heterocycles. The number of nitrogens with zero attached hydrogens (tertiary/aromatic N) is 3. The zero-order valence-corrected chi connectivity index (χ0v) is 14.5. The summed E-state index contributed by atoms with van der Waals surface area (Å²) < 4.78 is 0. The largest absolute Gasteiger partial charge is 0.340 e. The fraction of sp³-hybridized carbons (Fsp3) is 0.350. The molecule has 1 aliphatic rings. The van der Waals surface area contributed by atoms with E-state index in [0.29, 0.717) is 31.7 Å². The molecule has 0 bridgehead atoms. The van der Waals surface area contributed by atoms with Crippen molar-refractivity contribution in [3.63, 3.8) is 0 Å². The van der Waals surface area contributed by atoms with E-state index in [1.807, 2.05) is 47.1 Å². The Bertz CT molecular complexity index is 718. The van der Waals surface area contributed by atoms with Gasteiger partial charge >= 0.3 is 0 Å². The quantitative estimate of drug-likeness (QED) is 0.865. The molecule has 0 spiro atoms. The van der Waals surface area contributed by atoms with Crippen molar-refractivity contribution in [1.29, 1.82) is 0 Å². The lowest BCUT2D eigenvalue weighted by atomic mass is 10.00. The molecular weight excluding hydrogens is 314 g/mol. The summed E-state index contributed by atoms with van der Waals surface area (Å²) in [4.78, 5) is 33.1. The molecule has 130 valence electrons. The lowest BCUT2D eigenvalue weighted by molar-refractivity contribution is -0.132. The first kappa shape index (κ1) is 17.1. The average molecular weight is 337 g/mol. The second kappa shape index (κ2) is 7.92. The van der Waals surface area contributed by atoms with Crippen LogP contribution in [0.3, 0.4) is 0 Å². The number of pyridine rings is 1. The summed E-state index contributed by atoms with van der Waals surface area (Å²) >= 11 is 0. The Balaban J connectivity index is 1.63. The van der Waals surface area contributed by atoms with Crippen molar-refractivity contribution < 1.29 is 9.59 Å². The third-order valence-corrected chi connectivity index (χ3v) is 4.69. The highest BCUT2D eigenvalue weighted by atomic mass is 16.2. The summed E-state index contributed by atoms with van der Waals surface area (Å²) in [6, 6.07) is 13.3. The zero-order chi connectivity index (χ0) is 17.6. The van der Waals surface area contributed by atoms with Crippen molar-refractivity contribution in [2.45, 2.75) is 19.3 Å². The highest BCUT2D eigenvalue weighted by Gasteiger charge is 2.26. The molecule has 1 atom stereocenters. The van der Waals surface area contributed by atoms with Crippen molar-refractivity contribution in [3.05, 3.63) is 66.0 Å².